The first-order valence-electron chi connectivity index (χ1n) is 19.5. The molecule has 1 nitrogen and oxygen atoms in total. The van der Waals surface area contributed by atoms with Crippen LogP contribution in [0, 0.1) is 0 Å². The molecular weight excluding hydrogens is 569 g/mol. The third kappa shape index (κ3) is 3.97. The van der Waals surface area contributed by atoms with Crippen LogP contribution in [0.2, 0.25) is 0 Å². The van der Waals surface area contributed by atoms with Crippen LogP contribution >= 0.6 is 0 Å². The van der Waals surface area contributed by atoms with Crippen LogP contribution in [0.15, 0.2) is 174 Å². The van der Waals surface area contributed by atoms with Gasteiger partial charge in [-0.3, -0.25) is 0 Å². The minimum atomic E-state index is -0.439. The number of benzene rings is 9. The molecule has 0 fully saturated rings. The topological polar surface area (TPSA) is 13.1 Å². The van der Waals surface area contributed by atoms with Gasteiger partial charge < -0.3 is 4.42 Å². The molecule has 0 saturated heterocycles. The fourth-order valence-electron chi connectivity index (χ4n) is 7.20. The Morgan fingerprint density at radius 3 is 1.51 bits per heavy atom. The van der Waals surface area contributed by atoms with Gasteiger partial charge in [0.1, 0.15) is 11.2 Å². The Bertz CT molecular complexity index is 3230. The molecule has 0 bridgehead atoms. The van der Waals surface area contributed by atoms with E-state index in [1.165, 1.54) is 0 Å². The second-order valence-corrected chi connectivity index (χ2v) is 11.8. The summed E-state index contributed by atoms with van der Waals surface area (Å²) in [5.74, 6) is 0. The van der Waals surface area contributed by atoms with Crippen molar-refractivity contribution < 1.29 is 15.4 Å². The summed E-state index contributed by atoms with van der Waals surface area (Å²) in [5, 5.41) is 6.17. The van der Waals surface area contributed by atoms with Crippen molar-refractivity contribution in [3.63, 3.8) is 0 Å². The lowest BCUT2D eigenvalue weighted by molar-refractivity contribution is 0.669. The average Bonchev–Trinajstić information content (AvgIpc) is 3.60. The van der Waals surface area contributed by atoms with Crippen molar-refractivity contribution in [1.29, 1.82) is 0 Å². The average molecular weight is 605 g/mol. The lowest BCUT2D eigenvalue weighted by Crippen LogP contribution is -1.93. The summed E-state index contributed by atoms with van der Waals surface area (Å²) in [5.41, 5.74) is 4.54. The van der Waals surface area contributed by atoms with Crippen molar-refractivity contribution in [3.8, 4) is 33.4 Å². The zero-order valence-corrected chi connectivity index (χ0v) is 25.0. The largest absolute Gasteiger partial charge is 0.456 e. The highest BCUT2D eigenvalue weighted by Gasteiger charge is 2.22. The van der Waals surface area contributed by atoms with Gasteiger partial charge in [0.25, 0.3) is 0 Å². The number of rotatable bonds is 3. The fraction of sp³-hybridized carbons (Fsp3) is 0. The van der Waals surface area contributed by atoms with Crippen LogP contribution in [0.1, 0.15) is 11.0 Å². The lowest BCUT2D eigenvalue weighted by Gasteiger charge is -2.20. The van der Waals surface area contributed by atoms with Crippen molar-refractivity contribution in [3.05, 3.63) is 170 Å². The molecule has 47 heavy (non-hydrogen) atoms. The van der Waals surface area contributed by atoms with E-state index in [4.69, 9.17) is 9.90 Å². The van der Waals surface area contributed by atoms with Crippen molar-refractivity contribution in [2.24, 2.45) is 0 Å². The number of hydrogen-bond acceptors (Lipinski definition) is 1. The van der Waals surface area contributed by atoms with E-state index >= 15 is 0 Å². The highest BCUT2D eigenvalue weighted by atomic mass is 16.3. The molecule has 0 aliphatic carbocycles. The first kappa shape index (κ1) is 19.4. The van der Waals surface area contributed by atoms with E-state index in [0.717, 1.165) is 37.9 Å². The van der Waals surface area contributed by atoms with Crippen molar-refractivity contribution in [2.45, 2.75) is 0 Å². The maximum absolute atomic E-state index is 9.55. The molecule has 10 aromatic rings. The van der Waals surface area contributed by atoms with Crippen molar-refractivity contribution in [2.75, 3.05) is 0 Å². The minimum Gasteiger partial charge on any atom is -0.456 e. The van der Waals surface area contributed by atoms with Crippen LogP contribution in [0.5, 0.6) is 0 Å². The molecule has 0 radical (unpaired) electrons. The Hall–Kier alpha value is -6.18. The molecule has 0 N–H and O–H groups in total. The fourth-order valence-corrected chi connectivity index (χ4v) is 7.20. The third-order valence-corrected chi connectivity index (χ3v) is 9.26. The molecule has 10 rings (SSSR count). The van der Waals surface area contributed by atoms with Crippen molar-refractivity contribution in [1.82, 2.24) is 0 Å². The molecule has 0 aliphatic rings. The maximum atomic E-state index is 9.55. The van der Waals surface area contributed by atoms with Gasteiger partial charge in [0.2, 0.25) is 0 Å². The van der Waals surface area contributed by atoms with Gasteiger partial charge in [-0.1, -0.05) is 139 Å². The zero-order chi connectivity index (χ0) is 37.9. The molecule has 0 atom stereocenters. The Morgan fingerprint density at radius 1 is 0.383 bits per heavy atom. The number of fused-ring (bicyclic) bond motifs is 7. The Kier molecular flexibility index (Phi) is 4.19. The van der Waals surface area contributed by atoms with E-state index in [9.17, 15) is 5.48 Å². The van der Waals surface area contributed by atoms with Crippen LogP contribution in [0.3, 0.4) is 0 Å². The van der Waals surface area contributed by atoms with Gasteiger partial charge in [0.05, 0.1) is 11.0 Å². The van der Waals surface area contributed by atoms with E-state index in [1.807, 2.05) is 115 Å². The second-order valence-electron chi connectivity index (χ2n) is 11.8. The lowest BCUT2D eigenvalue weighted by atomic mass is 9.82. The van der Waals surface area contributed by atoms with Gasteiger partial charge in [0.15, 0.2) is 0 Å². The summed E-state index contributed by atoms with van der Waals surface area (Å²) in [6, 6.07) is 36.0. The van der Waals surface area contributed by atoms with Crippen molar-refractivity contribution >= 4 is 65.0 Å². The summed E-state index contributed by atoms with van der Waals surface area (Å²) in [7, 11) is 0. The third-order valence-electron chi connectivity index (χ3n) is 9.26. The van der Waals surface area contributed by atoms with Gasteiger partial charge in [-0.2, -0.15) is 0 Å². The highest BCUT2D eigenvalue weighted by Crippen LogP contribution is 2.49. The predicted octanol–water partition coefficient (Wildman–Crippen LogP) is 13.2. The summed E-state index contributed by atoms with van der Waals surface area (Å²) >= 11 is 0. The van der Waals surface area contributed by atoms with Crippen LogP contribution in [-0.4, -0.2) is 0 Å². The molecule has 0 saturated carbocycles. The molecule has 218 valence electrons. The molecule has 9 aromatic carbocycles. The summed E-state index contributed by atoms with van der Waals surface area (Å²) in [6.45, 7) is 0. The first-order valence-corrected chi connectivity index (χ1v) is 15.5. The van der Waals surface area contributed by atoms with E-state index in [-0.39, 0.29) is 45.7 Å². The molecule has 0 unspecified atom stereocenters. The molecule has 1 heteroatoms. The van der Waals surface area contributed by atoms with Crippen LogP contribution in [0.4, 0.5) is 0 Å². The molecule has 0 amide bonds. The monoisotopic (exact) mass is 604 g/mol. The van der Waals surface area contributed by atoms with E-state index < -0.39 is 24.2 Å². The molecule has 0 aliphatic heterocycles. The standard InChI is InChI=1S/C46H28O/c1-3-13-31-27-33(23-21-29(31)11-1)43-35-15-5-7-17-37(35)45(38-18-8-6-16-36(38)43)40-25-26-42-46(39-19-9-10-20-41(39)47-42)44(40)34-24-22-30-12-2-4-14-32(30)28-34/h1-28H/i5D,6D,7D,8D,15D,16D,17D,18D. The Morgan fingerprint density at radius 2 is 0.894 bits per heavy atom. The molecular formula is C46H28O. The van der Waals surface area contributed by atoms with Gasteiger partial charge in [-0.25, -0.2) is 0 Å². The summed E-state index contributed by atoms with van der Waals surface area (Å²) < 4.78 is 80.1. The highest BCUT2D eigenvalue weighted by molar-refractivity contribution is 6.25. The van der Waals surface area contributed by atoms with Gasteiger partial charge in [0, 0.05) is 16.3 Å². The normalized spacial score (nSPS) is 14.2. The Balaban J connectivity index is 1.50. The number of furan rings is 1. The van der Waals surface area contributed by atoms with Crippen LogP contribution in [0.25, 0.3) is 98.4 Å². The molecule has 0 spiro atoms. The quantitative estimate of drug-likeness (QED) is 0.183. The summed E-state index contributed by atoms with van der Waals surface area (Å²) in [4.78, 5) is 0. The van der Waals surface area contributed by atoms with Gasteiger partial charge in [-0.05, 0) is 101 Å². The predicted molar refractivity (Wildman–Crippen MR) is 200 cm³/mol. The van der Waals surface area contributed by atoms with E-state index in [0.29, 0.717) is 39.0 Å². The van der Waals surface area contributed by atoms with Crippen LogP contribution in [-0.2, 0) is 0 Å². The SMILES string of the molecule is [2H]c1c([2H])c([2H])c2c(-c3ccc4oc5ccccc5c4c3-c3ccc4ccccc4c3)c3c([2H])c([2H])c([2H])c([2H])c3c(-c3ccc4ccccc4c3)c2c1[2H]. The van der Waals surface area contributed by atoms with Crippen LogP contribution < -0.4 is 0 Å². The minimum absolute atomic E-state index is 0.167. The molecule has 1 heterocycles. The molecule has 1 aromatic heterocycles. The number of hydrogen-bond donors (Lipinski definition) is 0. The van der Waals surface area contributed by atoms with E-state index in [2.05, 4.69) is 6.07 Å². The Labute approximate surface area is 283 Å². The summed E-state index contributed by atoms with van der Waals surface area (Å²) in [6.07, 6.45) is 0. The smallest absolute Gasteiger partial charge is 0.136 e. The maximum Gasteiger partial charge on any atom is 0.136 e. The van der Waals surface area contributed by atoms with E-state index in [1.54, 1.807) is 0 Å². The van der Waals surface area contributed by atoms with Gasteiger partial charge >= 0.3 is 0 Å². The van der Waals surface area contributed by atoms with Gasteiger partial charge in [-0.15, -0.1) is 0 Å². The first-order chi connectivity index (χ1) is 26.6. The zero-order valence-electron chi connectivity index (χ0n) is 33.0. The second kappa shape index (κ2) is 10.2. The number of para-hydroxylation sites is 1.